The van der Waals surface area contributed by atoms with E-state index in [0.717, 1.165) is 17.3 Å². The van der Waals surface area contributed by atoms with Crippen molar-refractivity contribution in [1.82, 2.24) is 5.32 Å². The van der Waals surface area contributed by atoms with Crippen LogP contribution in [0.25, 0.3) is 0 Å². The van der Waals surface area contributed by atoms with E-state index in [-0.39, 0.29) is 5.91 Å². The third-order valence-corrected chi connectivity index (χ3v) is 3.21. The maximum atomic E-state index is 11.5. The second-order valence-corrected chi connectivity index (χ2v) is 4.85. The van der Waals surface area contributed by atoms with Gasteiger partial charge in [-0.1, -0.05) is 0 Å². The highest BCUT2D eigenvalue weighted by atomic mass is 32.1. The minimum atomic E-state index is 0.0880. The molecule has 1 fully saturated rings. The van der Waals surface area contributed by atoms with Gasteiger partial charge in [0.15, 0.2) is 0 Å². The van der Waals surface area contributed by atoms with Gasteiger partial charge in [0.1, 0.15) is 0 Å². The number of rotatable bonds is 3. The van der Waals surface area contributed by atoms with E-state index in [9.17, 15) is 4.79 Å². The van der Waals surface area contributed by atoms with Crippen LogP contribution in [0.15, 0.2) is 12.1 Å². The smallest absolute Gasteiger partial charge is 0.261 e. The Bertz CT molecular complexity index is 314. The lowest BCUT2D eigenvalue weighted by Gasteiger charge is -2.00. The second kappa shape index (κ2) is 3.50. The number of amides is 1. The van der Waals surface area contributed by atoms with Crippen molar-refractivity contribution in [3.05, 3.63) is 21.9 Å². The molecule has 0 radical (unpaired) electrons. The molecule has 1 aromatic heterocycles. The summed E-state index contributed by atoms with van der Waals surface area (Å²) in [7, 11) is 0. The van der Waals surface area contributed by atoms with Crippen LogP contribution in [0.2, 0.25) is 0 Å². The molecule has 2 rings (SSSR count). The summed E-state index contributed by atoms with van der Waals surface area (Å²) < 4.78 is 0. The monoisotopic (exact) mass is 195 g/mol. The molecule has 2 nitrogen and oxygen atoms in total. The number of nitrogens with one attached hydrogen (secondary N) is 1. The van der Waals surface area contributed by atoms with Gasteiger partial charge in [-0.05, 0) is 37.8 Å². The molecule has 3 heteroatoms. The summed E-state index contributed by atoms with van der Waals surface area (Å²) in [6, 6.07) is 3.87. The summed E-state index contributed by atoms with van der Waals surface area (Å²) in [5.74, 6) is 0.843. The molecule has 1 N–H and O–H groups in total. The van der Waals surface area contributed by atoms with Crippen LogP contribution in [-0.2, 0) is 0 Å². The van der Waals surface area contributed by atoms with Crippen LogP contribution < -0.4 is 5.32 Å². The van der Waals surface area contributed by atoms with E-state index in [4.69, 9.17) is 0 Å². The van der Waals surface area contributed by atoms with Gasteiger partial charge in [0.2, 0.25) is 0 Å². The van der Waals surface area contributed by atoms with Gasteiger partial charge in [0.05, 0.1) is 4.88 Å². The summed E-state index contributed by atoms with van der Waals surface area (Å²) in [5, 5.41) is 2.95. The quantitative estimate of drug-likeness (QED) is 0.787. The summed E-state index contributed by atoms with van der Waals surface area (Å²) in [6.07, 6.45) is 2.56. The first-order valence-electron chi connectivity index (χ1n) is 4.60. The van der Waals surface area contributed by atoms with Crippen molar-refractivity contribution in [1.29, 1.82) is 0 Å². The van der Waals surface area contributed by atoms with Gasteiger partial charge in [-0.3, -0.25) is 4.79 Å². The van der Waals surface area contributed by atoms with E-state index < -0.39 is 0 Å². The van der Waals surface area contributed by atoms with Crippen LogP contribution in [0, 0.1) is 12.8 Å². The van der Waals surface area contributed by atoms with Gasteiger partial charge in [-0.25, -0.2) is 0 Å². The molecule has 1 saturated carbocycles. The van der Waals surface area contributed by atoms with Crippen LogP contribution in [-0.4, -0.2) is 12.5 Å². The Morgan fingerprint density at radius 3 is 2.92 bits per heavy atom. The molecule has 0 aromatic carbocycles. The lowest BCUT2D eigenvalue weighted by atomic mass is 10.4. The van der Waals surface area contributed by atoms with Gasteiger partial charge in [-0.2, -0.15) is 0 Å². The predicted octanol–water partition coefficient (Wildman–Crippen LogP) is 2.20. The van der Waals surface area contributed by atoms with E-state index in [0.29, 0.717) is 0 Å². The van der Waals surface area contributed by atoms with Gasteiger partial charge in [0, 0.05) is 11.4 Å². The van der Waals surface area contributed by atoms with Crippen molar-refractivity contribution >= 4 is 17.2 Å². The Morgan fingerprint density at radius 2 is 2.38 bits per heavy atom. The molecule has 0 bridgehead atoms. The highest BCUT2D eigenvalue weighted by molar-refractivity contribution is 7.13. The summed E-state index contributed by atoms with van der Waals surface area (Å²) in [6.45, 7) is 2.87. The topological polar surface area (TPSA) is 29.1 Å². The van der Waals surface area contributed by atoms with Gasteiger partial charge in [0.25, 0.3) is 5.91 Å². The largest absolute Gasteiger partial charge is 0.351 e. The average Bonchev–Trinajstić information content (AvgIpc) is 2.84. The molecule has 0 unspecified atom stereocenters. The number of hydrogen-bond donors (Lipinski definition) is 1. The number of hydrogen-bond acceptors (Lipinski definition) is 2. The highest BCUT2D eigenvalue weighted by Gasteiger charge is 2.21. The molecule has 70 valence electrons. The molecule has 13 heavy (non-hydrogen) atoms. The normalized spacial score (nSPS) is 15.8. The fourth-order valence-corrected chi connectivity index (χ4v) is 1.99. The fraction of sp³-hybridized carbons (Fsp3) is 0.500. The molecule has 0 aliphatic heterocycles. The maximum absolute atomic E-state index is 11.5. The molecular formula is C10H13NOS. The van der Waals surface area contributed by atoms with E-state index in [2.05, 4.69) is 5.32 Å². The Labute approximate surface area is 82.0 Å². The maximum Gasteiger partial charge on any atom is 0.261 e. The summed E-state index contributed by atoms with van der Waals surface area (Å²) in [5.41, 5.74) is 0. The van der Waals surface area contributed by atoms with Crippen LogP contribution in [0.3, 0.4) is 0 Å². The minimum Gasteiger partial charge on any atom is -0.351 e. The van der Waals surface area contributed by atoms with E-state index in [1.165, 1.54) is 17.7 Å². The first kappa shape index (κ1) is 8.75. The third-order valence-electron chi connectivity index (χ3n) is 2.21. The molecule has 1 aromatic rings. The van der Waals surface area contributed by atoms with Gasteiger partial charge in [-0.15, -0.1) is 11.3 Å². The SMILES string of the molecule is Cc1ccc(C(=O)NCC2CC2)s1. The number of thiophene rings is 1. The third kappa shape index (κ3) is 2.31. The Hall–Kier alpha value is -0.830. The molecular weight excluding hydrogens is 182 g/mol. The van der Waals surface area contributed by atoms with Crippen LogP contribution in [0.1, 0.15) is 27.4 Å². The van der Waals surface area contributed by atoms with Crippen molar-refractivity contribution in [3.63, 3.8) is 0 Å². The number of carbonyl (C=O) groups is 1. The fourth-order valence-electron chi connectivity index (χ4n) is 1.20. The van der Waals surface area contributed by atoms with Crippen LogP contribution in [0.4, 0.5) is 0 Å². The summed E-state index contributed by atoms with van der Waals surface area (Å²) in [4.78, 5) is 13.5. The number of aryl methyl sites for hydroxylation is 1. The molecule has 1 aliphatic carbocycles. The van der Waals surface area contributed by atoms with Gasteiger partial charge < -0.3 is 5.32 Å². The van der Waals surface area contributed by atoms with Crippen molar-refractivity contribution in [3.8, 4) is 0 Å². The standard InChI is InChI=1S/C10H13NOS/c1-7-2-5-9(13-7)10(12)11-6-8-3-4-8/h2,5,8H,3-4,6H2,1H3,(H,11,12). The molecule has 0 atom stereocenters. The van der Waals surface area contributed by atoms with Crippen molar-refractivity contribution in [2.24, 2.45) is 5.92 Å². The lowest BCUT2D eigenvalue weighted by Crippen LogP contribution is -2.24. The molecule has 1 amide bonds. The second-order valence-electron chi connectivity index (χ2n) is 3.56. The summed E-state index contributed by atoms with van der Waals surface area (Å²) >= 11 is 1.56. The lowest BCUT2D eigenvalue weighted by molar-refractivity contribution is 0.0956. The van der Waals surface area contributed by atoms with Crippen molar-refractivity contribution in [2.45, 2.75) is 19.8 Å². The average molecular weight is 195 g/mol. The zero-order valence-electron chi connectivity index (χ0n) is 7.67. The Kier molecular flexibility index (Phi) is 2.36. The molecule has 1 heterocycles. The van der Waals surface area contributed by atoms with E-state index in [1.807, 2.05) is 19.1 Å². The van der Waals surface area contributed by atoms with Crippen molar-refractivity contribution < 1.29 is 4.79 Å². The van der Waals surface area contributed by atoms with E-state index >= 15 is 0 Å². The predicted molar refractivity (Wildman–Crippen MR) is 54.1 cm³/mol. The van der Waals surface area contributed by atoms with Crippen LogP contribution in [0.5, 0.6) is 0 Å². The first-order chi connectivity index (χ1) is 6.25. The van der Waals surface area contributed by atoms with Gasteiger partial charge >= 0.3 is 0 Å². The van der Waals surface area contributed by atoms with Crippen molar-refractivity contribution in [2.75, 3.05) is 6.54 Å². The first-order valence-corrected chi connectivity index (χ1v) is 5.42. The van der Waals surface area contributed by atoms with E-state index in [1.54, 1.807) is 11.3 Å². The molecule has 1 aliphatic rings. The highest BCUT2D eigenvalue weighted by Crippen LogP contribution is 2.27. The molecule has 0 saturated heterocycles. The zero-order valence-corrected chi connectivity index (χ0v) is 8.49. The molecule has 0 spiro atoms. The Morgan fingerprint density at radius 1 is 1.62 bits per heavy atom. The van der Waals surface area contributed by atoms with Crippen LogP contribution >= 0.6 is 11.3 Å². The Balaban J connectivity index is 1.88. The minimum absolute atomic E-state index is 0.0880. The number of carbonyl (C=O) groups excluding carboxylic acids is 1. The zero-order chi connectivity index (χ0) is 9.26.